The molecule has 1 fully saturated rings. The largest absolute Gasteiger partial charge is 0.396 e. The molecule has 1 heterocycles. The number of ether oxygens (including phenoxy) is 1. The van der Waals surface area contributed by atoms with E-state index in [0.717, 1.165) is 45.7 Å². The zero-order valence-electron chi connectivity index (χ0n) is 13.8. The Hall–Kier alpha value is -0.160. The summed E-state index contributed by atoms with van der Waals surface area (Å²) in [6.45, 7) is 14.0. The minimum atomic E-state index is 0.224. The quantitative estimate of drug-likeness (QED) is 0.679. The lowest BCUT2D eigenvalue weighted by molar-refractivity contribution is -0.0323. The van der Waals surface area contributed by atoms with Crippen LogP contribution in [0, 0.1) is 5.41 Å². The van der Waals surface area contributed by atoms with Crippen LogP contribution in [0.2, 0.25) is 0 Å². The molecule has 1 atom stereocenters. The zero-order valence-corrected chi connectivity index (χ0v) is 13.8. The van der Waals surface area contributed by atoms with Gasteiger partial charge < -0.3 is 20.1 Å². The fourth-order valence-corrected chi connectivity index (χ4v) is 2.88. The summed E-state index contributed by atoms with van der Waals surface area (Å²) in [5.74, 6) is 0. The first-order valence-corrected chi connectivity index (χ1v) is 8.15. The molecular weight excluding hydrogens is 252 g/mol. The molecule has 0 saturated carbocycles. The average molecular weight is 286 g/mol. The van der Waals surface area contributed by atoms with Crippen molar-refractivity contribution in [2.24, 2.45) is 5.41 Å². The number of nitrogens with zero attached hydrogens (tertiary/aromatic N) is 1. The topological polar surface area (TPSA) is 44.7 Å². The third-order valence-electron chi connectivity index (χ3n) is 4.16. The number of aliphatic hydroxyl groups is 1. The van der Waals surface area contributed by atoms with Gasteiger partial charge in [-0.2, -0.15) is 0 Å². The summed E-state index contributed by atoms with van der Waals surface area (Å²) in [4.78, 5) is 2.49. The van der Waals surface area contributed by atoms with E-state index in [-0.39, 0.29) is 12.0 Å². The number of hydrogen-bond donors (Lipinski definition) is 2. The normalized spacial score (nSPS) is 24.0. The van der Waals surface area contributed by atoms with Crippen molar-refractivity contribution in [2.75, 3.05) is 39.5 Å². The van der Waals surface area contributed by atoms with Crippen LogP contribution in [0.25, 0.3) is 0 Å². The minimum absolute atomic E-state index is 0.224. The summed E-state index contributed by atoms with van der Waals surface area (Å²) < 4.78 is 5.79. The van der Waals surface area contributed by atoms with Crippen molar-refractivity contribution in [1.29, 1.82) is 0 Å². The maximum atomic E-state index is 9.08. The van der Waals surface area contributed by atoms with Gasteiger partial charge in [0.15, 0.2) is 0 Å². The van der Waals surface area contributed by atoms with Gasteiger partial charge in [-0.05, 0) is 33.1 Å². The van der Waals surface area contributed by atoms with E-state index in [1.165, 1.54) is 6.42 Å². The van der Waals surface area contributed by atoms with Crippen LogP contribution in [0.1, 0.15) is 47.0 Å². The van der Waals surface area contributed by atoms with Crippen molar-refractivity contribution in [3.8, 4) is 0 Å². The van der Waals surface area contributed by atoms with Crippen LogP contribution in [0.4, 0.5) is 0 Å². The Kier molecular flexibility index (Phi) is 8.03. The Morgan fingerprint density at radius 1 is 1.30 bits per heavy atom. The third-order valence-corrected chi connectivity index (χ3v) is 4.16. The molecule has 0 aromatic heterocycles. The SMILES string of the molecule is CC(C)NCC1(CN(CCCO)C(C)C)CCCOC1. The molecule has 0 aliphatic carbocycles. The predicted molar refractivity (Wildman–Crippen MR) is 84.0 cm³/mol. The Morgan fingerprint density at radius 3 is 2.55 bits per heavy atom. The second-order valence-corrected chi connectivity index (χ2v) is 6.83. The Labute approximate surface area is 124 Å². The molecule has 120 valence electrons. The number of aliphatic hydroxyl groups excluding tert-OH is 1. The van der Waals surface area contributed by atoms with Gasteiger partial charge in [-0.25, -0.2) is 0 Å². The van der Waals surface area contributed by atoms with E-state index < -0.39 is 0 Å². The molecule has 20 heavy (non-hydrogen) atoms. The van der Waals surface area contributed by atoms with Crippen LogP contribution in [-0.2, 0) is 4.74 Å². The van der Waals surface area contributed by atoms with Gasteiger partial charge in [-0.3, -0.25) is 0 Å². The van der Waals surface area contributed by atoms with E-state index in [2.05, 4.69) is 37.9 Å². The van der Waals surface area contributed by atoms with Gasteiger partial charge in [0.1, 0.15) is 0 Å². The second-order valence-electron chi connectivity index (χ2n) is 6.83. The molecule has 0 bridgehead atoms. The van der Waals surface area contributed by atoms with Gasteiger partial charge in [0.2, 0.25) is 0 Å². The summed E-state index contributed by atoms with van der Waals surface area (Å²) in [6.07, 6.45) is 3.24. The number of hydrogen-bond acceptors (Lipinski definition) is 4. The molecule has 0 spiro atoms. The molecular formula is C16H34N2O2. The standard InChI is InChI=1S/C16H34N2O2/c1-14(2)17-11-16(7-5-10-20-13-16)12-18(15(3)4)8-6-9-19/h14-15,17,19H,5-13H2,1-4H3. The van der Waals surface area contributed by atoms with Crippen LogP contribution < -0.4 is 5.32 Å². The molecule has 0 amide bonds. The van der Waals surface area contributed by atoms with Gasteiger partial charge in [0, 0.05) is 50.3 Å². The van der Waals surface area contributed by atoms with Crippen LogP contribution in [0.3, 0.4) is 0 Å². The lowest BCUT2D eigenvalue weighted by Gasteiger charge is -2.43. The molecule has 1 unspecified atom stereocenters. The van der Waals surface area contributed by atoms with Crippen LogP contribution in [0.15, 0.2) is 0 Å². The third kappa shape index (κ3) is 6.08. The van der Waals surface area contributed by atoms with Gasteiger partial charge in [-0.15, -0.1) is 0 Å². The summed E-state index contributed by atoms with van der Waals surface area (Å²) in [5.41, 5.74) is 0.224. The van der Waals surface area contributed by atoms with Gasteiger partial charge in [0.05, 0.1) is 6.61 Å². The van der Waals surface area contributed by atoms with E-state index in [4.69, 9.17) is 9.84 Å². The number of nitrogens with one attached hydrogen (secondary N) is 1. The molecule has 1 saturated heterocycles. The highest BCUT2D eigenvalue weighted by molar-refractivity contribution is 4.88. The van der Waals surface area contributed by atoms with E-state index in [0.29, 0.717) is 12.1 Å². The van der Waals surface area contributed by atoms with Crippen molar-refractivity contribution in [2.45, 2.75) is 59.0 Å². The summed E-state index contributed by atoms with van der Waals surface area (Å²) in [6, 6.07) is 1.03. The zero-order chi connectivity index (χ0) is 15.0. The summed E-state index contributed by atoms with van der Waals surface area (Å²) >= 11 is 0. The monoisotopic (exact) mass is 286 g/mol. The van der Waals surface area contributed by atoms with E-state index >= 15 is 0 Å². The molecule has 4 heteroatoms. The lowest BCUT2D eigenvalue weighted by atomic mass is 9.81. The fraction of sp³-hybridized carbons (Fsp3) is 1.00. The van der Waals surface area contributed by atoms with Crippen LogP contribution in [-0.4, -0.2) is 61.5 Å². The number of rotatable bonds is 9. The second kappa shape index (κ2) is 8.98. The van der Waals surface area contributed by atoms with Crippen molar-refractivity contribution >= 4 is 0 Å². The maximum absolute atomic E-state index is 9.08. The molecule has 1 aliphatic heterocycles. The first-order valence-electron chi connectivity index (χ1n) is 8.15. The van der Waals surface area contributed by atoms with E-state index in [1.807, 2.05) is 0 Å². The molecule has 0 radical (unpaired) electrons. The molecule has 0 aromatic carbocycles. The first-order chi connectivity index (χ1) is 9.49. The van der Waals surface area contributed by atoms with Gasteiger partial charge >= 0.3 is 0 Å². The van der Waals surface area contributed by atoms with Gasteiger partial charge in [-0.1, -0.05) is 13.8 Å². The summed E-state index contributed by atoms with van der Waals surface area (Å²) in [5, 5.41) is 12.7. The average Bonchev–Trinajstić information content (AvgIpc) is 2.42. The Balaban J connectivity index is 2.65. The van der Waals surface area contributed by atoms with E-state index in [9.17, 15) is 0 Å². The Morgan fingerprint density at radius 2 is 2.05 bits per heavy atom. The van der Waals surface area contributed by atoms with Crippen LogP contribution >= 0.6 is 0 Å². The smallest absolute Gasteiger partial charge is 0.0546 e. The predicted octanol–water partition coefficient (Wildman–Crippen LogP) is 1.87. The molecule has 1 rings (SSSR count). The van der Waals surface area contributed by atoms with Gasteiger partial charge in [0.25, 0.3) is 0 Å². The first kappa shape index (κ1) is 17.9. The highest BCUT2D eigenvalue weighted by Gasteiger charge is 2.35. The Bertz CT molecular complexity index is 251. The van der Waals surface area contributed by atoms with Crippen molar-refractivity contribution < 1.29 is 9.84 Å². The molecule has 0 aromatic rings. The van der Waals surface area contributed by atoms with Crippen LogP contribution in [0.5, 0.6) is 0 Å². The highest BCUT2D eigenvalue weighted by Crippen LogP contribution is 2.30. The minimum Gasteiger partial charge on any atom is -0.396 e. The highest BCUT2D eigenvalue weighted by atomic mass is 16.5. The van der Waals surface area contributed by atoms with Crippen molar-refractivity contribution in [3.05, 3.63) is 0 Å². The van der Waals surface area contributed by atoms with Crippen molar-refractivity contribution in [1.82, 2.24) is 10.2 Å². The molecule has 1 aliphatic rings. The fourth-order valence-electron chi connectivity index (χ4n) is 2.88. The summed E-state index contributed by atoms with van der Waals surface area (Å²) in [7, 11) is 0. The lowest BCUT2D eigenvalue weighted by Crippen LogP contribution is -2.51. The van der Waals surface area contributed by atoms with Crippen molar-refractivity contribution in [3.63, 3.8) is 0 Å². The maximum Gasteiger partial charge on any atom is 0.0546 e. The molecule has 4 nitrogen and oxygen atoms in total. The molecule has 2 N–H and O–H groups in total. The van der Waals surface area contributed by atoms with E-state index in [1.54, 1.807) is 0 Å².